The molecule has 0 heterocycles. The molecule has 20 heavy (non-hydrogen) atoms. The summed E-state index contributed by atoms with van der Waals surface area (Å²) in [5.74, 6) is 2.59. The smallest absolute Gasteiger partial charge is 0.328 e. The number of carbonyl (C=O) groups is 2. The number of carboxylic acid groups (broad SMARTS) is 2. The van der Waals surface area contributed by atoms with E-state index in [4.69, 9.17) is 14.9 Å². The summed E-state index contributed by atoms with van der Waals surface area (Å²) in [7, 11) is 1.34. The second kappa shape index (κ2) is 6.85. The van der Waals surface area contributed by atoms with E-state index in [2.05, 4.69) is 11.8 Å². The summed E-state index contributed by atoms with van der Waals surface area (Å²) in [5, 5.41) is 26.9. The summed E-state index contributed by atoms with van der Waals surface area (Å²) in [5.41, 5.74) is 0.623. The van der Waals surface area contributed by atoms with Crippen molar-refractivity contribution < 1.29 is 29.6 Å². The van der Waals surface area contributed by atoms with Gasteiger partial charge in [0.15, 0.2) is 11.5 Å². The number of aromatic hydroxyl groups is 1. The molecule has 0 bridgehead atoms. The number of hydrogen-bond donors (Lipinski definition) is 3. The SMILES string of the molecule is COc1cc(C=CC(=O)O)cc(C#CCC(=O)O)c1O. The quantitative estimate of drug-likeness (QED) is 0.566. The molecule has 104 valence electrons. The van der Waals surface area contributed by atoms with Crippen LogP contribution in [0.2, 0.25) is 0 Å². The lowest BCUT2D eigenvalue weighted by molar-refractivity contribution is -0.136. The predicted octanol–water partition coefficient (Wildman–Crippen LogP) is 1.32. The number of benzene rings is 1. The molecule has 0 fully saturated rings. The number of phenols is 1. The van der Waals surface area contributed by atoms with Gasteiger partial charge in [0.1, 0.15) is 6.42 Å². The van der Waals surface area contributed by atoms with Crippen LogP contribution in [0, 0.1) is 11.8 Å². The van der Waals surface area contributed by atoms with Gasteiger partial charge in [0.05, 0.1) is 12.7 Å². The lowest BCUT2D eigenvalue weighted by Crippen LogP contribution is -1.92. The van der Waals surface area contributed by atoms with Crippen molar-refractivity contribution in [3.63, 3.8) is 0 Å². The van der Waals surface area contributed by atoms with Gasteiger partial charge in [-0.25, -0.2) is 4.79 Å². The molecule has 6 nitrogen and oxygen atoms in total. The van der Waals surface area contributed by atoms with E-state index in [1.54, 1.807) is 0 Å². The van der Waals surface area contributed by atoms with E-state index >= 15 is 0 Å². The number of aliphatic carboxylic acids is 2. The lowest BCUT2D eigenvalue weighted by Gasteiger charge is -2.06. The fraction of sp³-hybridized carbons (Fsp3) is 0.143. The molecule has 0 saturated heterocycles. The minimum atomic E-state index is -1.12. The highest BCUT2D eigenvalue weighted by molar-refractivity contribution is 5.85. The van der Waals surface area contributed by atoms with E-state index < -0.39 is 11.9 Å². The molecule has 0 radical (unpaired) electrons. The Hall–Kier alpha value is -2.94. The van der Waals surface area contributed by atoms with Crippen LogP contribution in [0.15, 0.2) is 18.2 Å². The van der Waals surface area contributed by atoms with Gasteiger partial charge < -0.3 is 20.1 Å². The minimum Gasteiger partial charge on any atom is -0.503 e. The van der Waals surface area contributed by atoms with Gasteiger partial charge in [-0.15, -0.1) is 0 Å². The van der Waals surface area contributed by atoms with Crippen molar-refractivity contribution in [2.75, 3.05) is 7.11 Å². The van der Waals surface area contributed by atoms with Crippen LogP contribution in [0.5, 0.6) is 11.5 Å². The Morgan fingerprint density at radius 1 is 1.35 bits per heavy atom. The van der Waals surface area contributed by atoms with E-state index in [0.717, 1.165) is 6.08 Å². The molecule has 1 aromatic carbocycles. The molecule has 0 unspecified atom stereocenters. The van der Waals surface area contributed by atoms with E-state index in [0.29, 0.717) is 5.56 Å². The van der Waals surface area contributed by atoms with Gasteiger partial charge in [0.25, 0.3) is 0 Å². The first-order valence-corrected chi connectivity index (χ1v) is 5.46. The van der Waals surface area contributed by atoms with E-state index in [9.17, 15) is 14.7 Å². The molecule has 0 atom stereocenters. The Morgan fingerprint density at radius 2 is 2.05 bits per heavy atom. The molecule has 6 heteroatoms. The highest BCUT2D eigenvalue weighted by atomic mass is 16.5. The summed E-state index contributed by atoms with van der Waals surface area (Å²) < 4.78 is 4.95. The molecular weight excluding hydrogens is 264 g/mol. The monoisotopic (exact) mass is 276 g/mol. The number of phenolic OH excluding ortho intramolecular Hbond substituents is 1. The first-order chi connectivity index (χ1) is 9.43. The highest BCUT2D eigenvalue weighted by Crippen LogP contribution is 2.31. The number of ether oxygens (including phenoxy) is 1. The van der Waals surface area contributed by atoms with E-state index in [1.807, 2.05) is 0 Å². The molecule has 3 N–H and O–H groups in total. The molecule has 0 aliphatic heterocycles. The van der Waals surface area contributed by atoms with Crippen molar-refractivity contribution in [2.45, 2.75) is 6.42 Å². The fourth-order valence-corrected chi connectivity index (χ4v) is 1.36. The maximum Gasteiger partial charge on any atom is 0.328 e. The molecule has 0 aliphatic rings. The molecule has 0 amide bonds. The third-order valence-electron chi connectivity index (χ3n) is 2.20. The Morgan fingerprint density at radius 3 is 2.60 bits per heavy atom. The molecule has 0 spiro atoms. The van der Waals surface area contributed by atoms with Crippen molar-refractivity contribution in [1.29, 1.82) is 0 Å². The van der Waals surface area contributed by atoms with Crippen molar-refractivity contribution >= 4 is 18.0 Å². The van der Waals surface area contributed by atoms with Crippen molar-refractivity contribution in [3.8, 4) is 23.3 Å². The van der Waals surface area contributed by atoms with Gasteiger partial charge in [-0.05, 0) is 23.8 Å². The Bertz CT molecular complexity index is 619. The number of hydrogen-bond acceptors (Lipinski definition) is 4. The van der Waals surface area contributed by atoms with Gasteiger partial charge in [-0.2, -0.15) is 0 Å². The summed E-state index contributed by atoms with van der Waals surface area (Å²) in [4.78, 5) is 20.8. The second-order valence-corrected chi connectivity index (χ2v) is 3.66. The Labute approximate surface area is 114 Å². The van der Waals surface area contributed by atoms with Crippen LogP contribution < -0.4 is 4.74 Å². The Kier molecular flexibility index (Phi) is 5.18. The summed E-state index contributed by atoms with van der Waals surface area (Å²) in [6.07, 6.45) is 1.88. The van der Waals surface area contributed by atoms with Crippen LogP contribution >= 0.6 is 0 Å². The van der Waals surface area contributed by atoms with Crippen molar-refractivity contribution in [2.24, 2.45) is 0 Å². The third-order valence-corrected chi connectivity index (χ3v) is 2.20. The summed E-state index contributed by atoms with van der Waals surface area (Å²) >= 11 is 0. The minimum absolute atomic E-state index is 0.122. The lowest BCUT2D eigenvalue weighted by atomic mass is 10.1. The zero-order valence-corrected chi connectivity index (χ0v) is 10.6. The molecule has 1 rings (SSSR count). The first kappa shape index (κ1) is 15.1. The third kappa shape index (κ3) is 4.38. The zero-order valence-electron chi connectivity index (χ0n) is 10.6. The van der Waals surface area contributed by atoms with Crippen molar-refractivity contribution in [1.82, 2.24) is 0 Å². The maximum atomic E-state index is 10.5. The van der Waals surface area contributed by atoms with E-state index in [1.165, 1.54) is 25.3 Å². The van der Waals surface area contributed by atoms with Gasteiger partial charge in [0.2, 0.25) is 0 Å². The van der Waals surface area contributed by atoms with Crippen molar-refractivity contribution in [3.05, 3.63) is 29.3 Å². The average Bonchev–Trinajstić information content (AvgIpc) is 2.38. The summed E-state index contributed by atoms with van der Waals surface area (Å²) in [6, 6.07) is 2.88. The van der Waals surface area contributed by atoms with Gasteiger partial charge in [-0.3, -0.25) is 4.79 Å². The topological polar surface area (TPSA) is 104 Å². The highest BCUT2D eigenvalue weighted by Gasteiger charge is 2.08. The van der Waals surface area contributed by atoms with Crippen LogP contribution in [0.1, 0.15) is 17.5 Å². The van der Waals surface area contributed by atoms with Crippen LogP contribution in [0.3, 0.4) is 0 Å². The van der Waals surface area contributed by atoms with Gasteiger partial charge in [0, 0.05) is 6.08 Å². The Balaban J connectivity index is 3.20. The second-order valence-electron chi connectivity index (χ2n) is 3.66. The molecule has 0 saturated carbocycles. The van der Waals surface area contributed by atoms with Crippen LogP contribution in [0.4, 0.5) is 0 Å². The number of methoxy groups -OCH3 is 1. The zero-order chi connectivity index (χ0) is 15.1. The standard InChI is InChI=1S/C14H12O6/c1-20-11-8-9(5-6-13(17)18)7-10(14(11)19)3-2-4-12(15)16/h5-8,19H,4H2,1H3,(H,15,16)(H,17,18). The average molecular weight is 276 g/mol. The fourth-order valence-electron chi connectivity index (χ4n) is 1.36. The maximum absolute atomic E-state index is 10.5. The predicted molar refractivity (Wildman–Crippen MR) is 70.5 cm³/mol. The largest absolute Gasteiger partial charge is 0.503 e. The summed E-state index contributed by atoms with van der Waals surface area (Å²) in [6.45, 7) is 0. The first-order valence-electron chi connectivity index (χ1n) is 5.46. The molecular formula is C14H12O6. The molecule has 0 aliphatic carbocycles. The molecule has 0 aromatic heterocycles. The molecule has 1 aromatic rings. The van der Waals surface area contributed by atoms with Gasteiger partial charge >= 0.3 is 11.9 Å². The van der Waals surface area contributed by atoms with Crippen LogP contribution in [-0.4, -0.2) is 34.4 Å². The normalized spacial score (nSPS) is 9.85. The van der Waals surface area contributed by atoms with Crippen LogP contribution in [-0.2, 0) is 9.59 Å². The van der Waals surface area contributed by atoms with Crippen LogP contribution in [0.25, 0.3) is 6.08 Å². The van der Waals surface area contributed by atoms with Gasteiger partial charge in [-0.1, -0.05) is 11.8 Å². The number of rotatable bonds is 4. The van der Waals surface area contributed by atoms with E-state index in [-0.39, 0.29) is 23.5 Å². The number of carboxylic acids is 2.